The molecule has 0 radical (unpaired) electrons. The molecule has 0 bridgehead atoms. The smallest absolute Gasteiger partial charge is 0.383 e. The second-order valence-corrected chi connectivity index (χ2v) is 6.26. The highest BCUT2D eigenvalue weighted by Crippen LogP contribution is 2.41. The predicted octanol–water partition coefficient (Wildman–Crippen LogP) is 4.28. The quantitative estimate of drug-likeness (QED) is 0.579. The molecule has 4 rings (SSSR count). The van der Waals surface area contributed by atoms with Gasteiger partial charge < -0.3 is 5.73 Å². The molecule has 0 aliphatic heterocycles. The average Bonchev–Trinajstić information content (AvgIpc) is 3.20. The molecule has 3 heterocycles. The number of hydrogen-bond donors (Lipinski definition) is 1. The molecule has 0 unspecified atom stereocenters. The second-order valence-electron chi connectivity index (χ2n) is 5.23. The van der Waals surface area contributed by atoms with Crippen LogP contribution in [-0.2, 0) is 6.30 Å². The number of nitrogens with two attached hydrogens (primary N) is 1. The van der Waals surface area contributed by atoms with Crippen LogP contribution in [0.4, 0.5) is 19.0 Å². The maximum Gasteiger partial charge on any atom is 0.490 e. The minimum absolute atomic E-state index is 0.0406. The van der Waals surface area contributed by atoms with Gasteiger partial charge in [0.1, 0.15) is 23.3 Å². The summed E-state index contributed by atoms with van der Waals surface area (Å²) in [6, 6.07) is 10.3. The van der Waals surface area contributed by atoms with Crippen LogP contribution in [0.25, 0.3) is 32.0 Å². The largest absolute Gasteiger partial charge is 0.490 e. The first kappa shape index (κ1) is 15.6. The normalized spacial score (nSPS) is 12.0. The van der Waals surface area contributed by atoms with E-state index in [2.05, 4.69) is 15.0 Å². The van der Waals surface area contributed by atoms with Gasteiger partial charge in [0.25, 0.3) is 0 Å². The maximum absolute atomic E-state index is 13.5. The third-order valence-corrected chi connectivity index (χ3v) is 4.73. The molecule has 0 saturated carbocycles. The zero-order chi connectivity index (χ0) is 17.6. The number of halogens is 3. The number of thiophene rings is 1. The minimum Gasteiger partial charge on any atom is -0.383 e. The van der Waals surface area contributed by atoms with Crippen molar-refractivity contribution >= 4 is 27.4 Å². The van der Waals surface area contributed by atoms with Gasteiger partial charge in [0.05, 0.1) is 21.7 Å². The summed E-state index contributed by atoms with van der Waals surface area (Å²) in [5, 5.41) is 0.524. The van der Waals surface area contributed by atoms with Gasteiger partial charge in [0.2, 0.25) is 0 Å². The first-order valence-electron chi connectivity index (χ1n) is 7.15. The van der Waals surface area contributed by atoms with E-state index in [1.54, 1.807) is 36.4 Å². The van der Waals surface area contributed by atoms with Crippen molar-refractivity contribution in [3.05, 3.63) is 49.1 Å². The number of rotatable bonds is 2. The van der Waals surface area contributed by atoms with Gasteiger partial charge in [-0.3, -0.25) is 0 Å². The molecule has 0 aliphatic carbocycles. The lowest BCUT2D eigenvalue weighted by molar-refractivity contribution is -0.202. The summed E-state index contributed by atoms with van der Waals surface area (Å²) in [6.07, 6.45) is -2.52. The number of benzene rings is 1. The van der Waals surface area contributed by atoms with Gasteiger partial charge in [-0.2, -0.15) is 0 Å². The number of imidazole rings is 1. The van der Waals surface area contributed by atoms with Gasteiger partial charge in [-0.1, -0.05) is 30.3 Å². The molecule has 0 spiro atoms. The van der Waals surface area contributed by atoms with E-state index in [1.165, 1.54) is 6.33 Å². The molecule has 0 amide bonds. The molecule has 0 atom stereocenters. The van der Waals surface area contributed by atoms with Crippen molar-refractivity contribution in [2.24, 2.45) is 0 Å². The van der Waals surface area contributed by atoms with Crippen LogP contribution < -0.4 is 5.73 Å². The molecular formula is C16H10F3N5S. The fourth-order valence-electron chi connectivity index (χ4n) is 2.57. The number of anilines is 1. The van der Waals surface area contributed by atoms with Crippen molar-refractivity contribution < 1.29 is 13.2 Å². The van der Waals surface area contributed by atoms with Crippen molar-refractivity contribution in [3.63, 3.8) is 0 Å². The summed E-state index contributed by atoms with van der Waals surface area (Å²) in [4.78, 5) is 12.9. The van der Waals surface area contributed by atoms with Crippen LogP contribution in [0.2, 0.25) is 0 Å². The number of aromatic nitrogens is 4. The highest BCUT2D eigenvalue weighted by molar-refractivity contribution is 7.21. The summed E-state index contributed by atoms with van der Waals surface area (Å²) >= 11 is 1.12. The molecule has 1 aromatic carbocycles. The van der Waals surface area contributed by atoms with E-state index in [-0.39, 0.29) is 21.8 Å². The van der Waals surface area contributed by atoms with Crippen molar-refractivity contribution in [1.82, 2.24) is 19.5 Å². The van der Waals surface area contributed by atoms with Crippen molar-refractivity contribution in [3.8, 4) is 21.8 Å². The van der Waals surface area contributed by atoms with Crippen LogP contribution >= 0.6 is 11.3 Å². The number of hydrogen-bond acceptors (Lipinski definition) is 5. The Morgan fingerprint density at radius 1 is 1.04 bits per heavy atom. The van der Waals surface area contributed by atoms with E-state index in [9.17, 15) is 13.2 Å². The van der Waals surface area contributed by atoms with Gasteiger partial charge in [-0.05, 0) is 6.07 Å². The third-order valence-electron chi connectivity index (χ3n) is 3.68. The van der Waals surface area contributed by atoms with Crippen LogP contribution in [0.3, 0.4) is 0 Å². The lowest BCUT2D eigenvalue weighted by Gasteiger charge is -2.11. The Balaban J connectivity index is 2.01. The summed E-state index contributed by atoms with van der Waals surface area (Å²) in [6.45, 7) is 0. The molecule has 5 nitrogen and oxygen atoms in total. The molecule has 9 heteroatoms. The molecule has 0 saturated heterocycles. The van der Waals surface area contributed by atoms with E-state index < -0.39 is 6.30 Å². The zero-order valence-electron chi connectivity index (χ0n) is 12.5. The molecule has 0 aliphatic rings. The number of fused-ring (bicyclic) bond motifs is 1. The Morgan fingerprint density at radius 2 is 1.80 bits per heavy atom. The monoisotopic (exact) mass is 361 g/mol. The van der Waals surface area contributed by atoms with Crippen LogP contribution in [-0.4, -0.2) is 19.5 Å². The van der Waals surface area contributed by atoms with E-state index in [1.807, 2.05) is 0 Å². The van der Waals surface area contributed by atoms with E-state index >= 15 is 0 Å². The lowest BCUT2D eigenvalue weighted by atomic mass is 10.1. The lowest BCUT2D eigenvalue weighted by Crippen LogP contribution is -2.16. The number of nitrogen functional groups attached to an aromatic ring is 1. The molecule has 126 valence electrons. The average molecular weight is 361 g/mol. The van der Waals surface area contributed by atoms with E-state index in [0.717, 1.165) is 17.7 Å². The number of nitrogens with zero attached hydrogens (tertiary/aromatic N) is 4. The summed E-state index contributed by atoms with van der Waals surface area (Å²) in [5.41, 5.74) is 6.61. The maximum atomic E-state index is 13.5. The zero-order valence-corrected chi connectivity index (χ0v) is 13.3. The van der Waals surface area contributed by atoms with Crippen LogP contribution in [0.1, 0.15) is 0 Å². The number of alkyl halides is 3. The van der Waals surface area contributed by atoms with E-state index in [0.29, 0.717) is 20.7 Å². The van der Waals surface area contributed by atoms with Gasteiger partial charge in [-0.25, -0.2) is 19.5 Å². The Bertz CT molecular complexity index is 1050. The van der Waals surface area contributed by atoms with Crippen LogP contribution in [0, 0.1) is 0 Å². The topological polar surface area (TPSA) is 69.6 Å². The van der Waals surface area contributed by atoms with Crippen LogP contribution in [0.5, 0.6) is 0 Å². The molecular weight excluding hydrogens is 351 g/mol. The molecule has 3 aromatic heterocycles. The first-order chi connectivity index (χ1) is 11.9. The predicted molar refractivity (Wildman–Crippen MR) is 89.8 cm³/mol. The standard InChI is InChI=1S/C16H10F3N5S/c17-16(18,19)24-8-23-12(9-4-2-1-3-5-9)13(24)11-6-10-14(20)21-7-22-15(10)25-11/h1-8H,(H2,20,21,22). The fraction of sp³-hybridized carbons (Fsp3) is 0.0625. The van der Waals surface area contributed by atoms with Gasteiger partial charge in [0, 0.05) is 5.56 Å². The van der Waals surface area contributed by atoms with Crippen molar-refractivity contribution in [2.45, 2.75) is 6.30 Å². The van der Waals surface area contributed by atoms with Gasteiger partial charge in [-0.15, -0.1) is 24.5 Å². The van der Waals surface area contributed by atoms with E-state index in [4.69, 9.17) is 5.73 Å². The summed E-state index contributed by atoms with van der Waals surface area (Å²) in [5.74, 6) is 0.229. The molecule has 4 aromatic rings. The first-order valence-corrected chi connectivity index (χ1v) is 7.97. The van der Waals surface area contributed by atoms with Gasteiger partial charge >= 0.3 is 6.30 Å². The third kappa shape index (κ3) is 2.62. The summed E-state index contributed by atoms with van der Waals surface area (Å²) < 4.78 is 40.6. The van der Waals surface area contributed by atoms with Crippen LogP contribution in [0.15, 0.2) is 49.1 Å². The van der Waals surface area contributed by atoms with Gasteiger partial charge in [0.15, 0.2) is 0 Å². The Labute approximate surface area is 143 Å². The minimum atomic E-state index is -4.59. The Hall–Kier alpha value is -2.94. The van der Waals surface area contributed by atoms with Crippen molar-refractivity contribution in [2.75, 3.05) is 5.73 Å². The highest BCUT2D eigenvalue weighted by atomic mass is 32.1. The Morgan fingerprint density at radius 3 is 2.48 bits per heavy atom. The summed E-state index contributed by atoms with van der Waals surface area (Å²) in [7, 11) is 0. The molecule has 25 heavy (non-hydrogen) atoms. The Kier molecular flexibility index (Phi) is 3.46. The highest BCUT2D eigenvalue weighted by Gasteiger charge is 2.35. The van der Waals surface area contributed by atoms with Crippen molar-refractivity contribution in [1.29, 1.82) is 0 Å². The fourth-order valence-corrected chi connectivity index (χ4v) is 3.62. The molecule has 0 fully saturated rings. The second kappa shape index (κ2) is 5.55. The SMILES string of the molecule is Nc1ncnc2sc(-c3c(-c4ccccc4)ncn3C(F)(F)F)cc12. The molecule has 2 N–H and O–H groups in total.